The van der Waals surface area contributed by atoms with Crippen molar-refractivity contribution in [2.75, 3.05) is 24.7 Å². The SMILES string of the molecule is CNc1ccccc1C(=O)O[C@H]1C[C@H](n2cnc3c(=O)[nH]c(N)nc32)O[C@@H]1COP(=O)([O-])OP(=O)([O-])OP(=O)([O-])[O-].[Na+].[Na+].[Na+].[Na+]. The van der Waals surface area contributed by atoms with Gasteiger partial charge in [0.25, 0.3) is 21.2 Å². The monoisotopic (exact) mass is 728 g/mol. The Kier molecular flexibility index (Phi) is 19.3. The number of para-hydroxylation sites is 1. The maximum absolute atomic E-state index is 13.0. The van der Waals surface area contributed by atoms with Crippen LogP contribution >= 0.6 is 23.5 Å². The number of rotatable bonds is 11. The van der Waals surface area contributed by atoms with Crippen LogP contribution in [0.1, 0.15) is 23.0 Å². The van der Waals surface area contributed by atoms with Gasteiger partial charge in [0.15, 0.2) is 11.2 Å². The van der Waals surface area contributed by atoms with Crippen LogP contribution < -0.4 is 154 Å². The van der Waals surface area contributed by atoms with Crippen molar-refractivity contribution in [1.29, 1.82) is 0 Å². The molecule has 1 saturated heterocycles. The summed E-state index contributed by atoms with van der Waals surface area (Å²) in [6.45, 7) is -1.03. The average Bonchev–Trinajstić information content (AvgIpc) is 3.44. The molecule has 0 saturated carbocycles. The van der Waals surface area contributed by atoms with Crippen molar-refractivity contribution in [3.05, 3.63) is 46.5 Å². The molecular formula is C18H19N6Na4O14P3. The van der Waals surface area contributed by atoms with E-state index in [2.05, 4.69) is 33.4 Å². The first-order chi connectivity index (χ1) is 19.1. The largest absolute Gasteiger partial charge is 1.00 e. The van der Waals surface area contributed by atoms with E-state index < -0.39 is 60.0 Å². The van der Waals surface area contributed by atoms with E-state index in [0.717, 1.165) is 0 Å². The molecule has 0 amide bonds. The van der Waals surface area contributed by atoms with Gasteiger partial charge in [-0.15, -0.1) is 0 Å². The van der Waals surface area contributed by atoms with Crippen LogP contribution in [0, 0.1) is 0 Å². The van der Waals surface area contributed by atoms with Crippen LogP contribution in [0.4, 0.5) is 11.6 Å². The number of aromatic amines is 1. The van der Waals surface area contributed by atoms with E-state index in [1.807, 2.05) is 0 Å². The van der Waals surface area contributed by atoms with E-state index in [1.54, 1.807) is 25.2 Å². The number of fused-ring (bicyclic) bond motifs is 1. The molecule has 2 aromatic heterocycles. The number of nitrogens with zero attached hydrogens (tertiary/aromatic N) is 3. The van der Waals surface area contributed by atoms with Gasteiger partial charge in [0.2, 0.25) is 5.95 Å². The molecule has 0 aliphatic carbocycles. The number of nitrogen functional groups attached to an aromatic ring is 1. The molecule has 3 aromatic rings. The summed E-state index contributed by atoms with van der Waals surface area (Å²) in [6.07, 6.45) is -2.78. The zero-order chi connectivity index (χ0) is 30.2. The van der Waals surface area contributed by atoms with E-state index in [9.17, 15) is 42.9 Å². The van der Waals surface area contributed by atoms with E-state index in [0.29, 0.717) is 5.69 Å². The minimum Gasteiger partial charge on any atom is -0.790 e. The summed E-state index contributed by atoms with van der Waals surface area (Å²) in [6, 6.07) is 6.26. The molecule has 20 nitrogen and oxygen atoms in total. The number of esters is 1. The van der Waals surface area contributed by atoms with Crippen molar-refractivity contribution < 1.29 is 179 Å². The third-order valence-corrected chi connectivity index (χ3v) is 9.08. The Balaban J connectivity index is 0.00000484. The Morgan fingerprint density at radius 1 is 1.11 bits per heavy atom. The van der Waals surface area contributed by atoms with E-state index in [-0.39, 0.29) is 147 Å². The number of H-pyrrole nitrogens is 1. The predicted molar refractivity (Wildman–Crippen MR) is 127 cm³/mol. The number of carbonyl (C=O) groups excluding carboxylic acids is 1. The van der Waals surface area contributed by atoms with Gasteiger partial charge in [-0.1, -0.05) is 12.1 Å². The number of nitrogens with two attached hydrogens (primary N) is 1. The van der Waals surface area contributed by atoms with Gasteiger partial charge in [0.05, 0.1) is 26.3 Å². The molecule has 2 unspecified atom stereocenters. The van der Waals surface area contributed by atoms with Gasteiger partial charge in [-0.05, 0) is 12.1 Å². The molecule has 1 aliphatic heterocycles. The molecule has 5 atom stereocenters. The van der Waals surface area contributed by atoms with Gasteiger partial charge in [-0.2, -0.15) is 4.98 Å². The van der Waals surface area contributed by atoms with Crippen molar-refractivity contribution in [2.45, 2.75) is 24.9 Å². The number of anilines is 2. The molecule has 0 spiro atoms. The van der Waals surface area contributed by atoms with E-state index in [4.69, 9.17) is 15.2 Å². The molecule has 0 bridgehead atoms. The topological polar surface area (TPSA) is 308 Å². The van der Waals surface area contributed by atoms with Crippen molar-refractivity contribution >= 4 is 52.2 Å². The predicted octanol–water partition coefficient (Wildman–Crippen LogP) is -13.9. The number of carbonyl (C=O) groups is 1. The molecule has 45 heavy (non-hydrogen) atoms. The van der Waals surface area contributed by atoms with Crippen LogP contribution in [0.15, 0.2) is 35.4 Å². The van der Waals surface area contributed by atoms with Gasteiger partial charge in [0, 0.05) is 19.2 Å². The van der Waals surface area contributed by atoms with Gasteiger partial charge in [-0.3, -0.25) is 27.8 Å². The third-order valence-electron chi connectivity index (χ3n) is 5.41. The maximum atomic E-state index is 13.0. The number of hydrogen-bond acceptors (Lipinski definition) is 18. The summed E-state index contributed by atoms with van der Waals surface area (Å²) in [5, 5.41) is 2.81. The second kappa shape index (κ2) is 18.8. The smallest absolute Gasteiger partial charge is 0.790 e. The molecule has 1 aromatic carbocycles. The Labute approximate surface area is 342 Å². The summed E-state index contributed by atoms with van der Waals surface area (Å²) in [5.41, 5.74) is 5.32. The number of phosphoric ester groups is 1. The fourth-order valence-corrected chi connectivity index (χ4v) is 6.69. The number of imidazole rings is 1. The summed E-state index contributed by atoms with van der Waals surface area (Å²) < 4.78 is 57.9. The molecule has 27 heteroatoms. The first-order valence-electron chi connectivity index (χ1n) is 11.1. The summed E-state index contributed by atoms with van der Waals surface area (Å²) in [7, 11) is -16.7. The Morgan fingerprint density at radius 2 is 1.76 bits per heavy atom. The summed E-state index contributed by atoms with van der Waals surface area (Å²) >= 11 is 0. The van der Waals surface area contributed by atoms with Gasteiger partial charge >= 0.3 is 124 Å². The number of hydrogen-bond donors (Lipinski definition) is 3. The Hall–Kier alpha value is 1.01. The van der Waals surface area contributed by atoms with Crippen molar-refractivity contribution in [1.82, 2.24) is 19.5 Å². The standard InChI is InChI=1S/C18H23N6O14P3.4Na/c1-20-10-5-3-2-4-9(10)17(26)36-11-6-13(24-8-21-14-15(24)22-18(19)23-16(14)25)35-12(11)7-34-40(30,31)38-41(32,33)37-39(27,28)29;;;;/h2-5,8,11-13,20H,6-7H2,1H3,(H,30,31)(H,32,33)(H2,27,28,29)(H3,19,22,23,25);;;;/q;4*+1/p-4/t11-,12+,13+;;;;/m0..../s1. The fourth-order valence-electron chi connectivity index (χ4n) is 3.83. The first kappa shape index (κ1) is 46.0. The average molecular weight is 728 g/mol. The van der Waals surface area contributed by atoms with Crippen LogP contribution in [0.2, 0.25) is 0 Å². The van der Waals surface area contributed by atoms with E-state index in [1.165, 1.54) is 17.0 Å². The summed E-state index contributed by atoms with van der Waals surface area (Å²) in [5.74, 6) is -1.10. The van der Waals surface area contributed by atoms with Crippen LogP contribution in [0.5, 0.6) is 0 Å². The number of benzene rings is 1. The van der Waals surface area contributed by atoms with E-state index >= 15 is 0 Å². The molecule has 1 fully saturated rings. The van der Waals surface area contributed by atoms with Crippen molar-refractivity contribution in [2.24, 2.45) is 0 Å². The molecule has 1 aliphatic rings. The number of ether oxygens (including phenoxy) is 2. The third kappa shape index (κ3) is 12.7. The molecule has 3 heterocycles. The van der Waals surface area contributed by atoms with Gasteiger partial charge in [-0.25, -0.2) is 14.1 Å². The fraction of sp³-hybridized carbons (Fsp3) is 0.333. The molecular weight excluding hydrogens is 709 g/mol. The Morgan fingerprint density at radius 3 is 2.38 bits per heavy atom. The Bertz CT molecular complexity index is 1670. The van der Waals surface area contributed by atoms with Crippen LogP contribution in [-0.4, -0.2) is 51.4 Å². The number of phosphoric acid groups is 3. The number of nitrogens with one attached hydrogen (secondary N) is 2. The van der Waals surface area contributed by atoms with Crippen molar-refractivity contribution in [3.63, 3.8) is 0 Å². The first-order valence-corrected chi connectivity index (χ1v) is 15.5. The van der Waals surface area contributed by atoms with Gasteiger partial charge in [0.1, 0.15) is 18.4 Å². The normalized spacial score (nSPS) is 20.2. The minimum atomic E-state index is -6.21. The quantitative estimate of drug-likeness (QED) is 0.0937. The molecule has 4 rings (SSSR count). The van der Waals surface area contributed by atoms with Crippen LogP contribution in [0.3, 0.4) is 0 Å². The minimum absolute atomic E-state index is 0. The van der Waals surface area contributed by atoms with Crippen molar-refractivity contribution in [3.8, 4) is 0 Å². The second-order valence-electron chi connectivity index (χ2n) is 8.18. The zero-order valence-corrected chi connectivity index (χ0v) is 35.2. The molecule has 4 N–H and O–H groups in total. The maximum Gasteiger partial charge on any atom is 1.00 e. The zero-order valence-electron chi connectivity index (χ0n) is 24.5. The van der Waals surface area contributed by atoms with Crippen LogP contribution in [-0.2, 0) is 36.3 Å². The molecule has 224 valence electrons. The summed E-state index contributed by atoms with van der Waals surface area (Å²) in [4.78, 5) is 80.0. The second-order valence-corrected chi connectivity index (χ2v) is 12.4. The van der Waals surface area contributed by atoms with Gasteiger partial charge < -0.3 is 49.2 Å². The van der Waals surface area contributed by atoms with Crippen LogP contribution in [0.25, 0.3) is 11.2 Å². The molecule has 0 radical (unpaired) electrons. The number of aromatic nitrogens is 4.